The van der Waals surface area contributed by atoms with Gasteiger partial charge in [0.1, 0.15) is 12.4 Å². The van der Waals surface area contributed by atoms with Crippen LogP contribution in [0.15, 0.2) is 67.0 Å². The number of aromatic nitrogens is 2. The van der Waals surface area contributed by atoms with Crippen LogP contribution in [0.2, 0.25) is 0 Å². The second-order valence-corrected chi connectivity index (χ2v) is 7.49. The lowest BCUT2D eigenvalue weighted by Crippen LogP contribution is -2.37. The van der Waals surface area contributed by atoms with Crippen molar-refractivity contribution in [2.75, 3.05) is 26.2 Å². The largest absolute Gasteiger partial charge is 0.492 e. The number of nitrogens with zero attached hydrogens (tertiary/aromatic N) is 3. The second kappa shape index (κ2) is 9.63. The molecule has 29 heavy (non-hydrogen) atoms. The Morgan fingerprint density at radius 1 is 1.03 bits per heavy atom. The summed E-state index contributed by atoms with van der Waals surface area (Å²) in [6.07, 6.45) is 6.01. The van der Waals surface area contributed by atoms with Gasteiger partial charge in [-0.2, -0.15) is 0 Å². The van der Waals surface area contributed by atoms with Gasteiger partial charge >= 0.3 is 0 Å². The number of aliphatic hydroxyl groups excluding tert-OH is 1. The Bertz CT molecular complexity index is 900. The van der Waals surface area contributed by atoms with Crippen LogP contribution in [-0.2, 0) is 6.61 Å². The van der Waals surface area contributed by atoms with Crippen molar-refractivity contribution < 1.29 is 9.84 Å². The van der Waals surface area contributed by atoms with E-state index in [0.29, 0.717) is 12.5 Å². The van der Waals surface area contributed by atoms with Crippen LogP contribution >= 0.6 is 0 Å². The Kier molecular flexibility index (Phi) is 6.49. The lowest BCUT2D eigenvalue weighted by atomic mass is 9.95. The molecule has 1 fully saturated rings. The first-order chi connectivity index (χ1) is 14.3. The van der Waals surface area contributed by atoms with Crippen molar-refractivity contribution in [2.24, 2.45) is 0 Å². The van der Waals surface area contributed by atoms with E-state index in [4.69, 9.17) is 9.72 Å². The standard InChI is InChI=1S/C24H27N3O2/c28-18-19-8-10-20(11-9-19)23-15-25-16-24(26-23)21-5-4-12-27(17-21)13-14-29-22-6-2-1-3-7-22/h1-3,6-11,15-16,21,28H,4-5,12-14,17-18H2. The molecule has 0 radical (unpaired) electrons. The van der Waals surface area contributed by atoms with Crippen LogP contribution in [0.4, 0.5) is 0 Å². The van der Waals surface area contributed by atoms with E-state index in [1.807, 2.05) is 67.0 Å². The molecule has 150 valence electrons. The Morgan fingerprint density at radius 2 is 1.86 bits per heavy atom. The van der Waals surface area contributed by atoms with E-state index < -0.39 is 0 Å². The van der Waals surface area contributed by atoms with Crippen molar-refractivity contribution in [3.8, 4) is 17.0 Å². The van der Waals surface area contributed by atoms with E-state index >= 15 is 0 Å². The third-order valence-corrected chi connectivity index (χ3v) is 5.43. The molecule has 1 aliphatic rings. The van der Waals surface area contributed by atoms with Crippen molar-refractivity contribution in [3.05, 3.63) is 78.2 Å². The number of benzene rings is 2. The molecule has 1 atom stereocenters. The summed E-state index contributed by atoms with van der Waals surface area (Å²) >= 11 is 0. The molecular formula is C24H27N3O2. The minimum atomic E-state index is 0.0535. The molecular weight excluding hydrogens is 362 g/mol. The highest BCUT2D eigenvalue weighted by molar-refractivity contribution is 5.58. The molecule has 2 heterocycles. The molecule has 0 amide bonds. The molecule has 0 spiro atoms. The van der Waals surface area contributed by atoms with Crippen LogP contribution < -0.4 is 4.74 Å². The quantitative estimate of drug-likeness (QED) is 0.664. The van der Waals surface area contributed by atoms with Crippen LogP contribution in [0, 0.1) is 0 Å². The van der Waals surface area contributed by atoms with E-state index in [0.717, 1.165) is 60.7 Å². The third kappa shape index (κ3) is 5.19. The zero-order valence-corrected chi connectivity index (χ0v) is 16.6. The maximum absolute atomic E-state index is 9.22. The van der Waals surface area contributed by atoms with Crippen LogP contribution in [0.25, 0.3) is 11.3 Å². The molecule has 1 saturated heterocycles. The van der Waals surface area contributed by atoms with Crippen LogP contribution in [0.1, 0.15) is 30.0 Å². The van der Waals surface area contributed by atoms with E-state index in [-0.39, 0.29) is 6.61 Å². The zero-order valence-electron chi connectivity index (χ0n) is 16.6. The first kappa shape index (κ1) is 19.6. The number of hydrogen-bond donors (Lipinski definition) is 1. The van der Waals surface area contributed by atoms with Gasteiger partial charge < -0.3 is 9.84 Å². The molecule has 1 aliphatic heterocycles. The van der Waals surface area contributed by atoms with Gasteiger partial charge in [-0.15, -0.1) is 0 Å². The van der Waals surface area contributed by atoms with E-state index in [1.165, 1.54) is 0 Å². The van der Waals surface area contributed by atoms with Gasteiger partial charge in [0.15, 0.2) is 0 Å². The lowest BCUT2D eigenvalue weighted by Gasteiger charge is -2.32. The number of rotatable bonds is 7. The molecule has 3 aromatic rings. The minimum absolute atomic E-state index is 0.0535. The molecule has 1 unspecified atom stereocenters. The summed E-state index contributed by atoms with van der Waals surface area (Å²) in [5, 5.41) is 9.22. The summed E-state index contributed by atoms with van der Waals surface area (Å²) in [6, 6.07) is 17.8. The monoisotopic (exact) mass is 389 g/mol. The summed E-state index contributed by atoms with van der Waals surface area (Å²) in [4.78, 5) is 11.8. The maximum Gasteiger partial charge on any atom is 0.119 e. The Balaban J connectivity index is 1.37. The van der Waals surface area contributed by atoms with Crippen LogP contribution in [-0.4, -0.2) is 46.2 Å². The maximum atomic E-state index is 9.22. The fourth-order valence-electron chi connectivity index (χ4n) is 3.81. The van der Waals surface area contributed by atoms with Crippen molar-refractivity contribution >= 4 is 0 Å². The number of piperidine rings is 1. The average Bonchev–Trinajstić information content (AvgIpc) is 2.80. The van der Waals surface area contributed by atoms with E-state index in [1.54, 1.807) is 0 Å². The Morgan fingerprint density at radius 3 is 2.66 bits per heavy atom. The lowest BCUT2D eigenvalue weighted by molar-refractivity contribution is 0.169. The molecule has 0 saturated carbocycles. The number of hydrogen-bond acceptors (Lipinski definition) is 5. The SMILES string of the molecule is OCc1ccc(-c2cncc(C3CCCN(CCOc4ccccc4)C3)n2)cc1. The summed E-state index contributed by atoms with van der Waals surface area (Å²) < 4.78 is 5.86. The predicted octanol–water partition coefficient (Wildman–Crippen LogP) is 3.89. The fraction of sp³-hybridized carbons (Fsp3) is 0.333. The van der Waals surface area contributed by atoms with Crippen LogP contribution in [0.3, 0.4) is 0 Å². The highest BCUT2D eigenvalue weighted by atomic mass is 16.5. The predicted molar refractivity (Wildman–Crippen MR) is 114 cm³/mol. The smallest absolute Gasteiger partial charge is 0.119 e. The van der Waals surface area contributed by atoms with Gasteiger partial charge in [0.2, 0.25) is 0 Å². The molecule has 4 rings (SSSR count). The number of likely N-dealkylation sites (tertiary alicyclic amines) is 1. The third-order valence-electron chi connectivity index (χ3n) is 5.43. The second-order valence-electron chi connectivity index (χ2n) is 7.49. The van der Waals surface area contributed by atoms with Gasteiger partial charge in [-0.25, -0.2) is 4.98 Å². The number of para-hydroxylation sites is 1. The first-order valence-corrected chi connectivity index (χ1v) is 10.2. The summed E-state index contributed by atoms with van der Waals surface area (Å²) in [6.45, 7) is 3.75. The molecule has 1 N–H and O–H groups in total. The van der Waals surface area contributed by atoms with Crippen molar-refractivity contribution in [2.45, 2.75) is 25.4 Å². The molecule has 2 aromatic carbocycles. The van der Waals surface area contributed by atoms with Gasteiger partial charge in [0.25, 0.3) is 0 Å². The van der Waals surface area contributed by atoms with Crippen molar-refractivity contribution in [3.63, 3.8) is 0 Å². The van der Waals surface area contributed by atoms with Crippen LogP contribution in [0.5, 0.6) is 5.75 Å². The highest BCUT2D eigenvalue weighted by Gasteiger charge is 2.23. The number of aliphatic hydroxyl groups is 1. The average molecular weight is 389 g/mol. The number of ether oxygens (including phenoxy) is 1. The molecule has 5 nitrogen and oxygen atoms in total. The summed E-state index contributed by atoms with van der Waals surface area (Å²) in [5.74, 6) is 1.32. The summed E-state index contributed by atoms with van der Waals surface area (Å²) in [7, 11) is 0. The topological polar surface area (TPSA) is 58.5 Å². The molecule has 1 aromatic heterocycles. The Labute approximate surface area is 172 Å². The molecule has 5 heteroatoms. The van der Waals surface area contributed by atoms with Gasteiger partial charge in [-0.3, -0.25) is 9.88 Å². The van der Waals surface area contributed by atoms with Gasteiger partial charge in [0, 0.05) is 30.8 Å². The summed E-state index contributed by atoms with van der Waals surface area (Å²) in [5.41, 5.74) is 3.87. The Hall–Kier alpha value is -2.76. The van der Waals surface area contributed by atoms with Gasteiger partial charge in [-0.1, -0.05) is 42.5 Å². The minimum Gasteiger partial charge on any atom is -0.492 e. The normalized spacial score (nSPS) is 17.2. The highest BCUT2D eigenvalue weighted by Crippen LogP contribution is 2.27. The van der Waals surface area contributed by atoms with E-state index in [9.17, 15) is 5.11 Å². The fourth-order valence-corrected chi connectivity index (χ4v) is 3.81. The molecule has 0 aliphatic carbocycles. The first-order valence-electron chi connectivity index (χ1n) is 10.2. The molecule has 0 bridgehead atoms. The zero-order chi connectivity index (χ0) is 19.9. The van der Waals surface area contributed by atoms with Gasteiger partial charge in [0.05, 0.1) is 24.2 Å². The van der Waals surface area contributed by atoms with Gasteiger partial charge in [-0.05, 0) is 37.1 Å². The van der Waals surface area contributed by atoms with E-state index in [2.05, 4.69) is 9.88 Å². The van der Waals surface area contributed by atoms with Crippen molar-refractivity contribution in [1.29, 1.82) is 0 Å². The van der Waals surface area contributed by atoms with Crippen molar-refractivity contribution in [1.82, 2.24) is 14.9 Å².